The van der Waals surface area contributed by atoms with E-state index in [2.05, 4.69) is 30.2 Å². The second-order valence-corrected chi connectivity index (χ2v) is 3.32. The highest BCUT2D eigenvalue weighted by Gasteiger charge is 2.01. The maximum absolute atomic E-state index is 3.72. The molecule has 0 aliphatic heterocycles. The number of rotatable bonds is 5. The van der Waals surface area contributed by atoms with Crippen molar-refractivity contribution in [3.63, 3.8) is 0 Å². The van der Waals surface area contributed by atoms with Gasteiger partial charge in [-0.25, -0.2) is 0 Å². The van der Waals surface area contributed by atoms with E-state index >= 15 is 0 Å². The van der Waals surface area contributed by atoms with Crippen molar-refractivity contribution >= 4 is 5.69 Å². The van der Waals surface area contributed by atoms with Crippen molar-refractivity contribution in [1.29, 1.82) is 0 Å². The van der Waals surface area contributed by atoms with Gasteiger partial charge in [0, 0.05) is 18.4 Å². The third kappa shape index (κ3) is 3.28. The van der Waals surface area contributed by atoms with E-state index in [1.54, 1.807) is 12.2 Å². The molecule has 0 spiro atoms. The van der Waals surface area contributed by atoms with E-state index in [9.17, 15) is 0 Å². The molecule has 0 aliphatic carbocycles. The molecule has 0 radical (unpaired) electrons. The largest absolute Gasteiger partial charge is 0.345 e. The summed E-state index contributed by atoms with van der Waals surface area (Å²) in [6.45, 7) is 7.39. The monoisotopic (exact) mass is 211 g/mol. The Bertz CT molecular complexity index is 399. The summed E-state index contributed by atoms with van der Waals surface area (Å²) < 4.78 is 0. The Kier molecular flexibility index (Phi) is 4.87. The van der Waals surface area contributed by atoms with Gasteiger partial charge in [0.15, 0.2) is 0 Å². The van der Waals surface area contributed by atoms with Crippen molar-refractivity contribution in [3.8, 4) is 0 Å². The number of benzene rings is 1. The SMILES string of the molecule is C=C/C=C\C(=C/C=C)N(C)c1ccccc1. The normalized spacial score (nSPS) is 11.4. The molecule has 1 aromatic rings. The minimum atomic E-state index is 1.07. The van der Waals surface area contributed by atoms with Crippen LogP contribution in [0.3, 0.4) is 0 Å². The summed E-state index contributed by atoms with van der Waals surface area (Å²) in [5.41, 5.74) is 2.21. The van der Waals surface area contributed by atoms with Crippen molar-refractivity contribution in [3.05, 3.63) is 79.6 Å². The summed E-state index contributed by atoms with van der Waals surface area (Å²) in [5, 5.41) is 0. The van der Waals surface area contributed by atoms with Crippen molar-refractivity contribution < 1.29 is 0 Å². The van der Waals surface area contributed by atoms with Crippen LogP contribution in [0.15, 0.2) is 79.6 Å². The van der Waals surface area contributed by atoms with Crippen LogP contribution in [0, 0.1) is 0 Å². The molecule has 0 atom stereocenters. The van der Waals surface area contributed by atoms with Crippen molar-refractivity contribution in [2.24, 2.45) is 0 Å². The van der Waals surface area contributed by atoms with Gasteiger partial charge in [-0.1, -0.05) is 49.6 Å². The molecule has 0 unspecified atom stereocenters. The summed E-state index contributed by atoms with van der Waals surface area (Å²) in [6, 6.07) is 10.2. The summed E-state index contributed by atoms with van der Waals surface area (Å²) in [5.74, 6) is 0. The maximum Gasteiger partial charge on any atom is 0.0408 e. The van der Waals surface area contributed by atoms with Crippen LogP contribution in [0.5, 0.6) is 0 Å². The first-order valence-electron chi connectivity index (χ1n) is 5.20. The molecule has 0 saturated carbocycles. The third-order valence-corrected chi connectivity index (χ3v) is 2.22. The molecule has 1 heteroatoms. The van der Waals surface area contributed by atoms with Gasteiger partial charge in [-0.2, -0.15) is 0 Å². The summed E-state index contributed by atoms with van der Waals surface area (Å²) >= 11 is 0. The highest BCUT2D eigenvalue weighted by molar-refractivity contribution is 5.54. The molecule has 0 fully saturated rings. The minimum Gasteiger partial charge on any atom is -0.345 e. The van der Waals surface area contributed by atoms with E-state index in [4.69, 9.17) is 0 Å². The summed E-state index contributed by atoms with van der Waals surface area (Å²) in [6.07, 6.45) is 9.42. The lowest BCUT2D eigenvalue weighted by Crippen LogP contribution is -2.14. The van der Waals surface area contributed by atoms with Crippen LogP contribution in [0.25, 0.3) is 0 Å². The molecule has 0 amide bonds. The zero-order valence-corrected chi connectivity index (χ0v) is 9.63. The smallest absolute Gasteiger partial charge is 0.0408 e. The zero-order chi connectivity index (χ0) is 11.8. The van der Waals surface area contributed by atoms with Crippen LogP contribution < -0.4 is 4.90 Å². The van der Waals surface area contributed by atoms with Gasteiger partial charge >= 0.3 is 0 Å². The van der Waals surface area contributed by atoms with Gasteiger partial charge < -0.3 is 4.90 Å². The molecule has 0 bridgehead atoms. The molecule has 0 aromatic heterocycles. The van der Waals surface area contributed by atoms with E-state index in [0.717, 1.165) is 11.4 Å². The van der Waals surface area contributed by atoms with Gasteiger partial charge in [-0.05, 0) is 24.3 Å². The van der Waals surface area contributed by atoms with Crippen LogP contribution in [-0.4, -0.2) is 7.05 Å². The quantitative estimate of drug-likeness (QED) is 0.667. The molecule has 82 valence electrons. The molecule has 1 nitrogen and oxygen atoms in total. The molecule has 1 rings (SSSR count). The lowest BCUT2D eigenvalue weighted by atomic mass is 10.2. The van der Waals surface area contributed by atoms with Crippen molar-refractivity contribution in [1.82, 2.24) is 0 Å². The average molecular weight is 211 g/mol. The predicted molar refractivity (Wildman–Crippen MR) is 72.5 cm³/mol. The van der Waals surface area contributed by atoms with E-state index in [0.29, 0.717) is 0 Å². The molecule has 0 saturated heterocycles. The van der Waals surface area contributed by atoms with E-state index in [1.807, 2.05) is 43.5 Å². The van der Waals surface area contributed by atoms with Crippen LogP contribution in [0.2, 0.25) is 0 Å². The van der Waals surface area contributed by atoms with Crippen molar-refractivity contribution in [2.45, 2.75) is 0 Å². The number of likely N-dealkylation sites (N-methyl/N-ethyl adjacent to an activating group) is 1. The van der Waals surface area contributed by atoms with E-state index in [1.165, 1.54) is 0 Å². The van der Waals surface area contributed by atoms with Crippen molar-refractivity contribution in [2.75, 3.05) is 11.9 Å². The minimum absolute atomic E-state index is 1.07. The Labute approximate surface area is 97.7 Å². The average Bonchev–Trinajstić information content (AvgIpc) is 2.35. The standard InChI is InChI=1S/C15H17N/c1-4-6-11-14(10-5-2)16(3)15-12-8-7-9-13-15/h4-13H,1-2H2,3H3/b11-6-,14-10+. The topological polar surface area (TPSA) is 3.24 Å². The zero-order valence-electron chi connectivity index (χ0n) is 9.63. The van der Waals surface area contributed by atoms with Gasteiger partial charge in [-0.3, -0.25) is 0 Å². The lowest BCUT2D eigenvalue weighted by molar-refractivity contribution is 1.14. The molecule has 0 heterocycles. The third-order valence-electron chi connectivity index (χ3n) is 2.22. The van der Waals surface area contributed by atoms with Gasteiger partial charge in [0.05, 0.1) is 0 Å². The van der Waals surface area contributed by atoms with Crippen LogP contribution in [-0.2, 0) is 0 Å². The highest BCUT2D eigenvalue weighted by Crippen LogP contribution is 2.17. The van der Waals surface area contributed by atoms with Gasteiger partial charge in [0.1, 0.15) is 0 Å². The fraction of sp³-hybridized carbons (Fsp3) is 0.0667. The highest BCUT2D eigenvalue weighted by atomic mass is 15.1. The fourth-order valence-corrected chi connectivity index (χ4v) is 1.37. The first-order chi connectivity index (χ1) is 7.79. The number of para-hydroxylation sites is 1. The number of hydrogen-bond donors (Lipinski definition) is 0. The molecular formula is C15H17N. The van der Waals surface area contributed by atoms with E-state index < -0.39 is 0 Å². The Morgan fingerprint density at radius 3 is 2.38 bits per heavy atom. The molecule has 16 heavy (non-hydrogen) atoms. The number of hydrogen-bond acceptors (Lipinski definition) is 1. The van der Waals surface area contributed by atoms with Gasteiger partial charge in [0.2, 0.25) is 0 Å². The Balaban J connectivity index is 2.96. The molecular weight excluding hydrogens is 194 g/mol. The first-order valence-corrected chi connectivity index (χ1v) is 5.20. The van der Waals surface area contributed by atoms with Gasteiger partial charge in [0.25, 0.3) is 0 Å². The summed E-state index contributed by atoms with van der Waals surface area (Å²) in [4.78, 5) is 2.10. The predicted octanol–water partition coefficient (Wildman–Crippen LogP) is 3.93. The Morgan fingerprint density at radius 2 is 1.81 bits per heavy atom. The second-order valence-electron chi connectivity index (χ2n) is 3.32. The number of allylic oxidation sites excluding steroid dienone is 5. The Hall–Kier alpha value is -2.02. The summed E-state index contributed by atoms with van der Waals surface area (Å²) in [7, 11) is 2.03. The number of nitrogens with zero attached hydrogens (tertiary/aromatic N) is 1. The fourth-order valence-electron chi connectivity index (χ4n) is 1.37. The molecule has 0 N–H and O–H groups in total. The van der Waals surface area contributed by atoms with Crippen LogP contribution >= 0.6 is 0 Å². The van der Waals surface area contributed by atoms with Crippen LogP contribution in [0.4, 0.5) is 5.69 Å². The van der Waals surface area contributed by atoms with Gasteiger partial charge in [-0.15, -0.1) is 0 Å². The molecule has 0 aliphatic rings. The second kappa shape index (κ2) is 6.46. The maximum atomic E-state index is 3.72. The van der Waals surface area contributed by atoms with E-state index in [-0.39, 0.29) is 0 Å². The van der Waals surface area contributed by atoms with Crippen LogP contribution in [0.1, 0.15) is 0 Å². The first kappa shape index (κ1) is 12.1. The lowest BCUT2D eigenvalue weighted by Gasteiger charge is -2.20. The number of anilines is 1. The molecule has 1 aromatic carbocycles. The Morgan fingerprint density at radius 1 is 1.12 bits per heavy atom.